The van der Waals surface area contributed by atoms with E-state index in [1.807, 2.05) is 0 Å². The van der Waals surface area contributed by atoms with Crippen LogP contribution in [-0.4, -0.2) is 30.9 Å². The highest BCUT2D eigenvalue weighted by Gasteiger charge is 2.57. The number of carbonyl (C=O) groups excluding carboxylic acids is 2. The topological polar surface area (TPSA) is 55.8 Å². The maximum absolute atomic E-state index is 13.4. The molecule has 1 fully saturated rings. The molecule has 0 radical (unpaired) electrons. The molecule has 23 heavy (non-hydrogen) atoms. The van der Waals surface area contributed by atoms with Gasteiger partial charge in [-0.05, 0) is 42.5 Å². The molecule has 0 bridgehead atoms. The summed E-state index contributed by atoms with van der Waals surface area (Å²) < 4.78 is 24.0. The number of fused-ring (bicyclic) bond motifs is 2. The molecule has 116 valence electrons. The number of ketones is 1. The third kappa shape index (κ3) is 1.91. The molecule has 1 amide bonds. The fourth-order valence-corrected chi connectivity index (χ4v) is 2.96. The summed E-state index contributed by atoms with van der Waals surface area (Å²) in [6.07, 6.45) is -0.845. The van der Waals surface area contributed by atoms with Gasteiger partial charge in [0, 0.05) is 5.69 Å². The lowest BCUT2D eigenvalue weighted by molar-refractivity contribution is -0.133. The van der Waals surface area contributed by atoms with Gasteiger partial charge in [-0.3, -0.25) is 14.5 Å². The van der Waals surface area contributed by atoms with Crippen molar-refractivity contribution in [2.24, 2.45) is 0 Å². The van der Waals surface area contributed by atoms with Crippen molar-refractivity contribution in [3.63, 3.8) is 0 Å². The number of amides is 1. The van der Waals surface area contributed by atoms with Crippen LogP contribution in [0.25, 0.3) is 0 Å². The highest BCUT2D eigenvalue weighted by Crippen LogP contribution is 2.39. The Bertz CT molecular complexity index is 818. The monoisotopic (exact) mass is 313 g/mol. The molecule has 2 aromatic rings. The summed E-state index contributed by atoms with van der Waals surface area (Å²) in [5, 5.41) is 0. The van der Waals surface area contributed by atoms with Crippen molar-refractivity contribution in [1.29, 1.82) is 0 Å². The van der Waals surface area contributed by atoms with Crippen LogP contribution in [-0.2, 0) is 4.79 Å². The van der Waals surface area contributed by atoms with E-state index in [2.05, 4.69) is 0 Å². The molecule has 0 N–H and O–H groups in total. The molecule has 0 saturated carbocycles. The van der Waals surface area contributed by atoms with Crippen LogP contribution in [0.1, 0.15) is 10.4 Å². The van der Waals surface area contributed by atoms with Crippen LogP contribution in [0.3, 0.4) is 0 Å². The number of hydrogen-bond donors (Lipinski definition) is 0. The zero-order valence-corrected chi connectivity index (χ0v) is 12.2. The number of halogens is 1. The number of hydrogen-bond acceptors (Lipinski definition) is 4. The third-order valence-corrected chi connectivity index (χ3v) is 4.13. The van der Waals surface area contributed by atoms with Gasteiger partial charge in [0.15, 0.2) is 5.78 Å². The van der Waals surface area contributed by atoms with E-state index in [4.69, 9.17) is 9.47 Å². The molecule has 2 aromatic carbocycles. The summed E-state index contributed by atoms with van der Waals surface area (Å²) >= 11 is 0. The summed E-state index contributed by atoms with van der Waals surface area (Å²) in [4.78, 5) is 26.3. The molecule has 4 rings (SSSR count). The molecular formula is C17H12FNO4. The Hall–Kier alpha value is -2.89. The second-order valence-electron chi connectivity index (χ2n) is 5.39. The summed E-state index contributed by atoms with van der Waals surface area (Å²) in [7, 11) is 1.55. The van der Waals surface area contributed by atoms with Gasteiger partial charge >= 0.3 is 0 Å². The summed E-state index contributed by atoms with van der Waals surface area (Å²) in [6, 6.07) is 9.77. The minimum Gasteiger partial charge on any atom is -0.497 e. The largest absolute Gasteiger partial charge is 0.497 e. The zero-order valence-electron chi connectivity index (χ0n) is 12.2. The Balaban J connectivity index is 1.70. The first-order valence-electron chi connectivity index (χ1n) is 7.07. The summed E-state index contributed by atoms with van der Waals surface area (Å²) in [6.45, 7) is 0. The van der Waals surface area contributed by atoms with E-state index in [1.165, 1.54) is 17.0 Å². The van der Waals surface area contributed by atoms with Gasteiger partial charge in [0.05, 0.1) is 12.7 Å². The maximum Gasteiger partial charge on any atom is 0.271 e. The van der Waals surface area contributed by atoms with Crippen LogP contribution in [0.4, 0.5) is 10.1 Å². The first kappa shape index (κ1) is 13.8. The zero-order chi connectivity index (χ0) is 16.1. The fraction of sp³-hybridized carbons (Fsp3) is 0.176. The number of β-lactam (4-membered cyclic amide) rings is 1. The van der Waals surface area contributed by atoms with Crippen molar-refractivity contribution in [1.82, 2.24) is 0 Å². The van der Waals surface area contributed by atoms with E-state index in [0.29, 0.717) is 11.4 Å². The predicted octanol–water partition coefficient (Wildman–Crippen LogP) is 2.19. The highest BCUT2D eigenvalue weighted by molar-refractivity contribution is 6.20. The molecule has 0 aromatic heterocycles. The summed E-state index contributed by atoms with van der Waals surface area (Å²) in [5.41, 5.74) is 0.742. The van der Waals surface area contributed by atoms with Gasteiger partial charge in [-0.25, -0.2) is 4.39 Å². The van der Waals surface area contributed by atoms with Gasteiger partial charge in [-0.1, -0.05) is 0 Å². The van der Waals surface area contributed by atoms with Crippen molar-refractivity contribution in [3.05, 3.63) is 53.8 Å². The number of benzene rings is 2. The smallest absolute Gasteiger partial charge is 0.271 e. The van der Waals surface area contributed by atoms with E-state index in [9.17, 15) is 14.0 Å². The van der Waals surface area contributed by atoms with E-state index in [0.717, 1.165) is 6.07 Å². The van der Waals surface area contributed by atoms with Crippen LogP contribution in [0.15, 0.2) is 42.5 Å². The Morgan fingerprint density at radius 2 is 1.87 bits per heavy atom. The number of Topliss-reactive ketones (excluding diaryl/α,β-unsaturated/α-hetero) is 1. The fourth-order valence-electron chi connectivity index (χ4n) is 2.96. The average molecular weight is 313 g/mol. The first-order chi connectivity index (χ1) is 11.1. The molecule has 0 spiro atoms. The van der Waals surface area contributed by atoms with Crippen LogP contribution >= 0.6 is 0 Å². The second kappa shape index (κ2) is 4.81. The van der Waals surface area contributed by atoms with Gasteiger partial charge in [0.25, 0.3) is 5.91 Å². The number of rotatable bonds is 2. The molecule has 2 atom stereocenters. The van der Waals surface area contributed by atoms with E-state index in [-0.39, 0.29) is 23.0 Å². The summed E-state index contributed by atoms with van der Waals surface area (Å²) in [5.74, 6) is -0.215. The minimum atomic E-state index is -0.845. The van der Waals surface area contributed by atoms with Crippen LogP contribution in [0.2, 0.25) is 0 Å². The van der Waals surface area contributed by atoms with Crippen LogP contribution in [0.5, 0.6) is 11.5 Å². The molecule has 0 unspecified atom stereocenters. The lowest BCUT2D eigenvalue weighted by Gasteiger charge is -2.47. The third-order valence-electron chi connectivity index (χ3n) is 4.13. The normalized spacial score (nSPS) is 21.9. The highest BCUT2D eigenvalue weighted by atomic mass is 19.1. The predicted molar refractivity (Wildman–Crippen MR) is 79.4 cm³/mol. The Kier molecular flexibility index (Phi) is 2.87. The number of anilines is 1. The van der Waals surface area contributed by atoms with Gasteiger partial charge in [-0.2, -0.15) is 0 Å². The molecule has 6 heteroatoms. The lowest BCUT2D eigenvalue weighted by atomic mass is 9.86. The van der Waals surface area contributed by atoms with Gasteiger partial charge < -0.3 is 9.47 Å². The maximum atomic E-state index is 13.4. The SMILES string of the molecule is COc1ccc(N2C(=O)[C@H]3Oc4ccc(F)cc4C(=O)[C@H]32)cc1. The van der Waals surface area contributed by atoms with E-state index >= 15 is 0 Å². The quantitative estimate of drug-likeness (QED) is 0.798. The molecule has 5 nitrogen and oxygen atoms in total. The number of methoxy groups -OCH3 is 1. The molecule has 1 saturated heterocycles. The van der Waals surface area contributed by atoms with Crippen molar-refractivity contribution < 1.29 is 23.5 Å². The Morgan fingerprint density at radius 3 is 2.57 bits per heavy atom. The van der Waals surface area contributed by atoms with Crippen LogP contribution in [0, 0.1) is 5.82 Å². The van der Waals surface area contributed by atoms with Crippen LogP contribution < -0.4 is 14.4 Å². The van der Waals surface area contributed by atoms with Gasteiger partial charge in [0.1, 0.15) is 23.4 Å². The number of carbonyl (C=O) groups is 2. The van der Waals surface area contributed by atoms with Crippen molar-refractivity contribution in [3.8, 4) is 11.5 Å². The molecule has 2 aliphatic rings. The molecule has 0 aliphatic carbocycles. The standard InChI is InChI=1S/C17H12FNO4/c1-22-11-5-3-10(4-6-11)19-14-15(20)12-8-9(18)2-7-13(12)23-16(14)17(19)21/h2-8,14,16H,1H3/t14-,16+/m1/s1. The minimum absolute atomic E-state index is 0.164. The first-order valence-corrected chi connectivity index (χ1v) is 7.07. The van der Waals surface area contributed by atoms with Gasteiger partial charge in [0.2, 0.25) is 6.10 Å². The van der Waals surface area contributed by atoms with E-state index in [1.54, 1.807) is 31.4 Å². The lowest BCUT2D eigenvalue weighted by Crippen LogP contribution is -2.71. The molecule has 2 heterocycles. The molecule has 2 aliphatic heterocycles. The Labute approximate surface area is 131 Å². The number of ether oxygens (including phenoxy) is 2. The van der Waals surface area contributed by atoms with Crippen molar-refractivity contribution in [2.45, 2.75) is 12.1 Å². The Morgan fingerprint density at radius 1 is 1.13 bits per heavy atom. The molecular weight excluding hydrogens is 301 g/mol. The van der Waals surface area contributed by atoms with E-state index < -0.39 is 18.0 Å². The van der Waals surface area contributed by atoms with Crippen molar-refractivity contribution >= 4 is 17.4 Å². The second-order valence-corrected chi connectivity index (χ2v) is 5.39. The van der Waals surface area contributed by atoms with Crippen molar-refractivity contribution in [2.75, 3.05) is 12.0 Å². The average Bonchev–Trinajstić information content (AvgIpc) is 2.57. The van der Waals surface area contributed by atoms with Gasteiger partial charge in [-0.15, -0.1) is 0 Å². The number of nitrogens with zero attached hydrogens (tertiary/aromatic N) is 1.